The molecule has 17 heavy (non-hydrogen) atoms. The lowest BCUT2D eigenvalue weighted by atomic mass is 10.0. The van der Waals surface area contributed by atoms with E-state index in [2.05, 4.69) is 0 Å². The zero-order valence-corrected chi connectivity index (χ0v) is 10.1. The van der Waals surface area contributed by atoms with Crippen LogP contribution in [0.3, 0.4) is 0 Å². The molecule has 0 aromatic heterocycles. The molecule has 0 spiro atoms. The van der Waals surface area contributed by atoms with Gasteiger partial charge in [-0.3, -0.25) is 9.59 Å². The van der Waals surface area contributed by atoms with Crippen molar-refractivity contribution < 1.29 is 9.59 Å². The van der Waals surface area contributed by atoms with E-state index >= 15 is 0 Å². The molecule has 1 amide bonds. The van der Waals surface area contributed by atoms with E-state index in [9.17, 15) is 9.59 Å². The second kappa shape index (κ2) is 4.30. The van der Waals surface area contributed by atoms with E-state index in [-0.39, 0.29) is 0 Å². The highest BCUT2D eigenvalue weighted by atomic mass is 16.2. The number of nitrogens with two attached hydrogens (primary N) is 1. The number of anilines is 1. The third-order valence-electron chi connectivity index (χ3n) is 3.00. The first kappa shape index (κ1) is 11.8. The molecule has 0 saturated carbocycles. The van der Waals surface area contributed by atoms with Crippen LogP contribution in [0.5, 0.6) is 0 Å². The Morgan fingerprint density at radius 1 is 1.24 bits per heavy atom. The van der Waals surface area contributed by atoms with Crippen LogP contribution in [-0.2, 0) is 4.79 Å². The summed E-state index contributed by atoms with van der Waals surface area (Å²) < 4.78 is 0. The number of fused-ring (bicyclic) bond motifs is 1. The zero-order valence-electron chi connectivity index (χ0n) is 10.1. The lowest BCUT2D eigenvalue weighted by Crippen LogP contribution is -2.31. The predicted octanol–water partition coefficient (Wildman–Crippen LogP) is 1.18. The molecule has 0 saturated heterocycles. The van der Waals surface area contributed by atoms with Crippen LogP contribution >= 0.6 is 0 Å². The van der Waals surface area contributed by atoms with Crippen molar-refractivity contribution in [1.82, 2.24) is 0 Å². The van der Waals surface area contributed by atoms with Gasteiger partial charge < -0.3 is 10.6 Å². The lowest BCUT2D eigenvalue weighted by molar-refractivity contribution is -0.114. The molecule has 2 rings (SSSR count). The maximum Gasteiger partial charge on any atom is 0.299 e. The Morgan fingerprint density at radius 2 is 1.94 bits per heavy atom. The zero-order chi connectivity index (χ0) is 12.6. The van der Waals surface area contributed by atoms with Crippen molar-refractivity contribution in [3.05, 3.63) is 28.8 Å². The van der Waals surface area contributed by atoms with Gasteiger partial charge in [0.1, 0.15) is 0 Å². The molecular formula is C13H16N2O2. The number of Topliss-reactive ketones (excluding diaryl/α,β-unsaturated/α-hetero) is 1. The summed E-state index contributed by atoms with van der Waals surface area (Å²) in [6.07, 6.45) is 0.700. The molecule has 1 aliphatic heterocycles. The summed E-state index contributed by atoms with van der Waals surface area (Å²) in [5.74, 6) is -0.823. The van der Waals surface area contributed by atoms with Gasteiger partial charge in [0.15, 0.2) is 0 Å². The molecule has 0 fully saturated rings. The molecule has 2 N–H and O–H groups in total. The average Bonchev–Trinajstić information content (AvgIpc) is 2.49. The summed E-state index contributed by atoms with van der Waals surface area (Å²) in [7, 11) is 0. The number of hydrogen-bond acceptors (Lipinski definition) is 3. The Balaban J connectivity index is 2.48. The van der Waals surface area contributed by atoms with Crippen molar-refractivity contribution in [3.8, 4) is 0 Å². The van der Waals surface area contributed by atoms with Gasteiger partial charge in [-0.1, -0.05) is 6.07 Å². The second-order valence-electron chi connectivity index (χ2n) is 4.40. The monoisotopic (exact) mass is 232 g/mol. The molecule has 1 aromatic carbocycles. The topological polar surface area (TPSA) is 63.4 Å². The van der Waals surface area contributed by atoms with Gasteiger partial charge in [0.2, 0.25) is 0 Å². The van der Waals surface area contributed by atoms with Crippen LogP contribution in [0, 0.1) is 13.8 Å². The molecule has 0 aliphatic carbocycles. The molecule has 4 heteroatoms. The number of hydrogen-bond donors (Lipinski definition) is 1. The van der Waals surface area contributed by atoms with Crippen LogP contribution in [-0.4, -0.2) is 24.8 Å². The van der Waals surface area contributed by atoms with Gasteiger partial charge in [0.25, 0.3) is 11.7 Å². The predicted molar refractivity (Wildman–Crippen MR) is 66.3 cm³/mol. The molecule has 1 aromatic rings. The van der Waals surface area contributed by atoms with Crippen molar-refractivity contribution >= 4 is 17.4 Å². The summed E-state index contributed by atoms with van der Waals surface area (Å²) in [6, 6.07) is 3.82. The van der Waals surface area contributed by atoms with Crippen LogP contribution < -0.4 is 10.6 Å². The SMILES string of the molecule is Cc1cc(C)c2c(c1)N(CCCN)C(=O)C2=O. The second-order valence-corrected chi connectivity index (χ2v) is 4.40. The Bertz CT molecular complexity index is 494. The van der Waals surface area contributed by atoms with Gasteiger partial charge >= 0.3 is 0 Å². The van der Waals surface area contributed by atoms with Crippen molar-refractivity contribution in [3.63, 3.8) is 0 Å². The summed E-state index contributed by atoms with van der Waals surface area (Å²) in [5.41, 5.74) is 8.66. The Morgan fingerprint density at radius 3 is 2.59 bits per heavy atom. The Labute approximate surface area is 100 Å². The number of benzene rings is 1. The fourth-order valence-corrected chi connectivity index (χ4v) is 2.26. The lowest BCUT2D eigenvalue weighted by Gasteiger charge is -2.16. The maximum absolute atomic E-state index is 11.9. The first-order valence-corrected chi connectivity index (χ1v) is 5.73. The average molecular weight is 232 g/mol. The van der Waals surface area contributed by atoms with Crippen LogP contribution in [0.4, 0.5) is 5.69 Å². The molecule has 0 unspecified atom stereocenters. The first-order chi connectivity index (χ1) is 8.06. The number of amides is 1. The fraction of sp³-hybridized carbons (Fsp3) is 0.385. The molecule has 4 nitrogen and oxygen atoms in total. The van der Waals surface area contributed by atoms with E-state index in [0.29, 0.717) is 25.1 Å². The highest BCUT2D eigenvalue weighted by Gasteiger charge is 2.36. The number of nitrogens with zero attached hydrogens (tertiary/aromatic N) is 1. The van der Waals surface area contributed by atoms with Crippen molar-refractivity contribution in [2.75, 3.05) is 18.0 Å². The maximum atomic E-state index is 11.9. The van der Waals surface area contributed by atoms with Gasteiger partial charge in [-0.05, 0) is 44.0 Å². The van der Waals surface area contributed by atoms with Crippen molar-refractivity contribution in [2.24, 2.45) is 5.73 Å². The minimum atomic E-state index is -0.429. The molecule has 0 radical (unpaired) electrons. The number of ketones is 1. The quantitative estimate of drug-likeness (QED) is 0.796. The molecule has 1 heterocycles. The van der Waals surface area contributed by atoms with Crippen LogP contribution in [0.15, 0.2) is 12.1 Å². The number of carbonyl (C=O) groups is 2. The van der Waals surface area contributed by atoms with Crippen LogP contribution in [0.2, 0.25) is 0 Å². The standard InChI is InChI=1S/C13H16N2O2/c1-8-6-9(2)11-10(7-8)15(5-3-4-14)13(17)12(11)16/h6-7H,3-5,14H2,1-2H3. The van der Waals surface area contributed by atoms with E-state index < -0.39 is 11.7 Å². The molecule has 90 valence electrons. The largest absolute Gasteiger partial charge is 0.330 e. The molecule has 0 atom stereocenters. The highest BCUT2D eigenvalue weighted by Crippen LogP contribution is 2.32. The smallest absolute Gasteiger partial charge is 0.299 e. The third kappa shape index (κ3) is 1.85. The van der Waals surface area contributed by atoms with Gasteiger partial charge in [-0.2, -0.15) is 0 Å². The van der Waals surface area contributed by atoms with Gasteiger partial charge in [0, 0.05) is 6.54 Å². The van der Waals surface area contributed by atoms with E-state index in [1.54, 1.807) is 4.90 Å². The number of aryl methyl sites for hydroxylation is 2. The van der Waals surface area contributed by atoms with E-state index in [0.717, 1.165) is 16.8 Å². The van der Waals surface area contributed by atoms with Crippen molar-refractivity contribution in [2.45, 2.75) is 20.3 Å². The van der Waals surface area contributed by atoms with E-state index in [1.807, 2.05) is 26.0 Å². The summed E-state index contributed by atoms with van der Waals surface area (Å²) in [6.45, 7) is 4.85. The highest BCUT2D eigenvalue weighted by molar-refractivity contribution is 6.52. The van der Waals surface area contributed by atoms with E-state index in [4.69, 9.17) is 5.73 Å². The minimum absolute atomic E-state index is 0.394. The summed E-state index contributed by atoms with van der Waals surface area (Å²) >= 11 is 0. The first-order valence-electron chi connectivity index (χ1n) is 5.73. The Kier molecular flexibility index (Phi) is 2.98. The van der Waals surface area contributed by atoms with Crippen molar-refractivity contribution in [1.29, 1.82) is 0 Å². The van der Waals surface area contributed by atoms with Gasteiger partial charge in [-0.15, -0.1) is 0 Å². The van der Waals surface area contributed by atoms with E-state index in [1.165, 1.54) is 0 Å². The molecular weight excluding hydrogens is 216 g/mol. The minimum Gasteiger partial charge on any atom is -0.330 e. The van der Waals surface area contributed by atoms with Gasteiger partial charge in [0.05, 0.1) is 11.3 Å². The Hall–Kier alpha value is -1.68. The fourth-order valence-electron chi connectivity index (χ4n) is 2.26. The molecule has 0 bridgehead atoms. The van der Waals surface area contributed by atoms with Crippen LogP contribution in [0.1, 0.15) is 27.9 Å². The number of carbonyl (C=O) groups excluding carboxylic acids is 2. The van der Waals surface area contributed by atoms with Gasteiger partial charge in [-0.25, -0.2) is 0 Å². The molecule has 1 aliphatic rings. The summed E-state index contributed by atoms with van der Waals surface area (Å²) in [5, 5.41) is 0. The summed E-state index contributed by atoms with van der Waals surface area (Å²) in [4.78, 5) is 25.3. The number of rotatable bonds is 3. The van der Waals surface area contributed by atoms with Crippen LogP contribution in [0.25, 0.3) is 0 Å². The normalized spacial score (nSPS) is 14.4. The third-order valence-corrected chi connectivity index (χ3v) is 3.00.